The van der Waals surface area contributed by atoms with Gasteiger partial charge < -0.3 is 10.2 Å². The van der Waals surface area contributed by atoms with Crippen LogP contribution in [-0.4, -0.2) is 23.6 Å². The molecule has 0 aliphatic rings. The summed E-state index contributed by atoms with van der Waals surface area (Å²) >= 11 is 6.00. The Morgan fingerprint density at radius 3 is 2.45 bits per heavy atom. The van der Waals surface area contributed by atoms with Gasteiger partial charge in [-0.25, -0.2) is 8.42 Å². The van der Waals surface area contributed by atoms with Crippen molar-refractivity contribution in [2.24, 2.45) is 10.2 Å². The van der Waals surface area contributed by atoms with Gasteiger partial charge in [0.15, 0.2) is 11.5 Å². The van der Waals surface area contributed by atoms with E-state index in [4.69, 9.17) is 11.6 Å². The highest BCUT2D eigenvalue weighted by Crippen LogP contribution is 2.32. The van der Waals surface area contributed by atoms with Crippen LogP contribution in [0.4, 0.5) is 17.1 Å². The molecule has 160 valence electrons. The smallest absolute Gasteiger partial charge is 0.270 e. The van der Waals surface area contributed by atoms with Crippen molar-refractivity contribution < 1.29 is 23.6 Å². The molecule has 3 rings (SSSR count). The van der Waals surface area contributed by atoms with Gasteiger partial charge in [-0.2, -0.15) is 10.2 Å². The van der Waals surface area contributed by atoms with Gasteiger partial charge in [0.1, 0.15) is 10.6 Å². The summed E-state index contributed by atoms with van der Waals surface area (Å²) in [6.07, 6.45) is 0. The number of anilines is 1. The number of nitro benzene ring substituents is 1. The number of halogens is 1. The number of nitrogens with zero attached hydrogens (tertiary/aromatic N) is 3. The number of nitrogens with one attached hydrogen (secondary N) is 1. The fraction of sp³-hybridized carbons (Fsp3) is 0.0526. The number of hydrogen-bond donors (Lipinski definition) is 3. The van der Waals surface area contributed by atoms with Crippen LogP contribution in [0.2, 0.25) is 5.02 Å². The van der Waals surface area contributed by atoms with E-state index in [1.165, 1.54) is 30.3 Å². The number of para-hydroxylation sites is 1. The van der Waals surface area contributed by atoms with Gasteiger partial charge in [0.2, 0.25) is 0 Å². The van der Waals surface area contributed by atoms with E-state index in [9.17, 15) is 28.7 Å². The molecule has 0 fully saturated rings. The lowest BCUT2D eigenvalue weighted by Gasteiger charge is -2.11. The van der Waals surface area contributed by atoms with Crippen molar-refractivity contribution in [3.8, 4) is 11.5 Å². The number of azo groups is 1. The molecule has 0 aliphatic heterocycles. The van der Waals surface area contributed by atoms with Gasteiger partial charge in [-0.05, 0) is 35.9 Å². The number of phenolic OH excluding ortho intramolecular Hbond substituents is 2. The van der Waals surface area contributed by atoms with Crippen LogP contribution in [0.15, 0.2) is 75.8 Å². The van der Waals surface area contributed by atoms with E-state index in [2.05, 4.69) is 15.0 Å². The third-order valence-corrected chi connectivity index (χ3v) is 5.76. The second-order valence-electron chi connectivity index (χ2n) is 6.22. The largest absolute Gasteiger partial charge is 0.504 e. The van der Waals surface area contributed by atoms with Crippen LogP contribution in [0.3, 0.4) is 0 Å². The molecule has 0 saturated heterocycles. The van der Waals surface area contributed by atoms with Crippen molar-refractivity contribution in [3.63, 3.8) is 0 Å². The first kappa shape index (κ1) is 22.0. The number of non-ortho nitro benzene ring substituents is 1. The van der Waals surface area contributed by atoms with Gasteiger partial charge in [0.05, 0.1) is 22.2 Å². The molecule has 0 saturated carbocycles. The fourth-order valence-electron chi connectivity index (χ4n) is 2.52. The van der Waals surface area contributed by atoms with Crippen LogP contribution in [0, 0.1) is 10.1 Å². The predicted molar refractivity (Wildman–Crippen MR) is 113 cm³/mol. The molecule has 3 aromatic carbocycles. The Morgan fingerprint density at radius 2 is 1.77 bits per heavy atom. The summed E-state index contributed by atoms with van der Waals surface area (Å²) in [4.78, 5) is 9.95. The second kappa shape index (κ2) is 8.98. The third-order valence-electron chi connectivity index (χ3n) is 4.03. The number of sulfonamides is 1. The molecule has 0 bridgehead atoms. The Hall–Kier alpha value is -3.70. The van der Waals surface area contributed by atoms with Crippen molar-refractivity contribution in [1.82, 2.24) is 0 Å². The first-order chi connectivity index (χ1) is 14.7. The number of benzene rings is 3. The van der Waals surface area contributed by atoms with Gasteiger partial charge in [0.25, 0.3) is 15.7 Å². The van der Waals surface area contributed by atoms with E-state index in [1.807, 2.05) is 0 Å². The maximum Gasteiger partial charge on any atom is 0.270 e. The van der Waals surface area contributed by atoms with Gasteiger partial charge in [-0.3, -0.25) is 14.8 Å². The van der Waals surface area contributed by atoms with E-state index in [1.54, 1.807) is 12.1 Å². The highest BCUT2D eigenvalue weighted by molar-refractivity contribution is 7.92. The fourth-order valence-corrected chi connectivity index (χ4v) is 4.00. The van der Waals surface area contributed by atoms with E-state index in [-0.39, 0.29) is 34.4 Å². The predicted octanol–water partition coefficient (Wildman–Crippen LogP) is 4.74. The van der Waals surface area contributed by atoms with Crippen molar-refractivity contribution in [3.05, 3.63) is 81.4 Å². The lowest BCUT2D eigenvalue weighted by Crippen LogP contribution is -2.13. The SMILES string of the molecule is O=[N+]([O-])c1ccc(N=NCc2ccc(O)c(O)c2)c(S(=O)(=O)Nc2ccccc2Cl)c1. The zero-order valence-corrected chi connectivity index (χ0v) is 17.2. The molecule has 0 heterocycles. The van der Waals surface area contributed by atoms with Crippen LogP contribution < -0.4 is 4.72 Å². The first-order valence-corrected chi connectivity index (χ1v) is 10.5. The van der Waals surface area contributed by atoms with Crippen LogP contribution in [0.1, 0.15) is 5.56 Å². The van der Waals surface area contributed by atoms with E-state index in [0.717, 1.165) is 18.2 Å². The molecular formula is C19H15ClN4O6S. The van der Waals surface area contributed by atoms with E-state index >= 15 is 0 Å². The number of hydrogen-bond acceptors (Lipinski definition) is 8. The number of aromatic hydroxyl groups is 2. The maximum absolute atomic E-state index is 12.9. The molecule has 3 aromatic rings. The molecule has 0 spiro atoms. The quantitative estimate of drug-likeness (QED) is 0.199. The van der Waals surface area contributed by atoms with Gasteiger partial charge in [0, 0.05) is 12.1 Å². The lowest BCUT2D eigenvalue weighted by molar-refractivity contribution is -0.385. The molecule has 0 aromatic heterocycles. The Labute approximate surface area is 181 Å². The molecule has 3 N–H and O–H groups in total. The summed E-state index contributed by atoms with van der Waals surface area (Å²) in [6.45, 7) is -0.0394. The van der Waals surface area contributed by atoms with Crippen LogP contribution in [-0.2, 0) is 16.6 Å². The zero-order valence-electron chi connectivity index (χ0n) is 15.6. The number of nitro groups is 1. The van der Waals surface area contributed by atoms with Crippen molar-refractivity contribution >= 4 is 38.7 Å². The van der Waals surface area contributed by atoms with E-state index < -0.39 is 25.5 Å². The summed E-state index contributed by atoms with van der Waals surface area (Å²) < 4.78 is 28.1. The first-order valence-electron chi connectivity index (χ1n) is 8.61. The molecule has 0 atom stereocenters. The summed E-state index contributed by atoms with van der Waals surface area (Å²) in [5, 5.41) is 37.9. The van der Waals surface area contributed by atoms with E-state index in [0.29, 0.717) is 5.56 Å². The van der Waals surface area contributed by atoms with Crippen LogP contribution >= 0.6 is 11.6 Å². The average molecular weight is 463 g/mol. The van der Waals surface area contributed by atoms with Crippen molar-refractivity contribution in [1.29, 1.82) is 0 Å². The van der Waals surface area contributed by atoms with Crippen molar-refractivity contribution in [2.75, 3.05) is 4.72 Å². The summed E-state index contributed by atoms with van der Waals surface area (Å²) in [5.74, 6) is -0.634. The molecule has 12 heteroatoms. The minimum absolute atomic E-state index is 0.0394. The normalized spacial score (nSPS) is 11.5. The Morgan fingerprint density at radius 1 is 1.03 bits per heavy atom. The molecule has 31 heavy (non-hydrogen) atoms. The monoisotopic (exact) mass is 462 g/mol. The third kappa shape index (κ3) is 5.27. The van der Waals surface area contributed by atoms with Crippen LogP contribution in [0.25, 0.3) is 0 Å². The Kier molecular flexibility index (Phi) is 6.37. The van der Waals surface area contributed by atoms with Gasteiger partial charge in [-0.15, -0.1) is 0 Å². The number of rotatable bonds is 7. The highest BCUT2D eigenvalue weighted by atomic mass is 35.5. The lowest BCUT2D eigenvalue weighted by atomic mass is 10.2. The Bertz CT molecular complexity index is 1280. The van der Waals surface area contributed by atoms with Crippen molar-refractivity contribution in [2.45, 2.75) is 11.4 Å². The second-order valence-corrected chi connectivity index (χ2v) is 8.28. The summed E-state index contributed by atoms with van der Waals surface area (Å²) in [6, 6.07) is 13.3. The van der Waals surface area contributed by atoms with Crippen LogP contribution in [0.5, 0.6) is 11.5 Å². The van der Waals surface area contributed by atoms with Gasteiger partial charge >= 0.3 is 0 Å². The average Bonchev–Trinajstić information content (AvgIpc) is 2.72. The summed E-state index contributed by atoms with van der Waals surface area (Å²) in [7, 11) is -4.30. The molecular weight excluding hydrogens is 448 g/mol. The maximum atomic E-state index is 12.9. The highest BCUT2D eigenvalue weighted by Gasteiger charge is 2.23. The van der Waals surface area contributed by atoms with Gasteiger partial charge in [-0.1, -0.05) is 29.8 Å². The molecule has 10 nitrogen and oxygen atoms in total. The standard InChI is InChI=1S/C19H15ClN4O6S/c20-14-3-1-2-4-15(14)23-31(29,30)19-10-13(24(27)28)6-7-16(19)22-21-11-12-5-8-17(25)18(26)9-12/h1-10,23,25-26H,11H2. The zero-order chi connectivity index (χ0) is 22.6. The Balaban J connectivity index is 1.96. The minimum Gasteiger partial charge on any atom is -0.504 e. The molecule has 0 amide bonds. The molecule has 0 radical (unpaired) electrons. The minimum atomic E-state index is -4.30. The topological polar surface area (TPSA) is 154 Å². The number of phenols is 2. The molecule has 0 aliphatic carbocycles. The summed E-state index contributed by atoms with van der Waals surface area (Å²) in [5.41, 5.74) is 0.0211. The molecule has 0 unspecified atom stereocenters.